The SMILES string of the molecule is CC(C)Oc1cccc(CNC(=O)CN(c2ccc(Cl)c(C(F)(F)F)c2)S(=O)(=O)c2ccccc2)c1. The van der Waals surface area contributed by atoms with E-state index in [1.54, 1.807) is 30.3 Å². The third kappa shape index (κ3) is 6.92. The molecule has 0 atom stereocenters. The Balaban J connectivity index is 1.89. The number of alkyl halides is 3. The van der Waals surface area contributed by atoms with E-state index in [0.29, 0.717) is 21.7 Å². The average molecular weight is 541 g/mol. The van der Waals surface area contributed by atoms with Crippen molar-refractivity contribution in [3.8, 4) is 5.75 Å². The van der Waals surface area contributed by atoms with Gasteiger partial charge in [0.15, 0.2) is 0 Å². The largest absolute Gasteiger partial charge is 0.491 e. The highest BCUT2D eigenvalue weighted by Gasteiger charge is 2.35. The Morgan fingerprint density at radius 2 is 1.72 bits per heavy atom. The lowest BCUT2D eigenvalue weighted by Crippen LogP contribution is -2.40. The number of hydrogen-bond donors (Lipinski definition) is 1. The summed E-state index contributed by atoms with van der Waals surface area (Å²) in [6.07, 6.45) is -4.87. The number of ether oxygens (including phenoxy) is 1. The van der Waals surface area contributed by atoms with Crippen molar-refractivity contribution in [3.05, 3.63) is 88.9 Å². The Hall–Kier alpha value is -3.24. The van der Waals surface area contributed by atoms with Gasteiger partial charge in [-0.1, -0.05) is 41.9 Å². The number of rotatable bonds is 9. The van der Waals surface area contributed by atoms with Gasteiger partial charge in [-0.25, -0.2) is 8.42 Å². The van der Waals surface area contributed by atoms with Crippen LogP contribution >= 0.6 is 11.6 Å². The molecule has 0 radical (unpaired) electrons. The van der Waals surface area contributed by atoms with Gasteiger partial charge in [0.1, 0.15) is 12.3 Å². The van der Waals surface area contributed by atoms with Gasteiger partial charge in [0.2, 0.25) is 5.91 Å². The summed E-state index contributed by atoms with van der Waals surface area (Å²) >= 11 is 5.71. The van der Waals surface area contributed by atoms with Gasteiger partial charge in [0.25, 0.3) is 10.0 Å². The highest BCUT2D eigenvalue weighted by molar-refractivity contribution is 7.92. The smallest absolute Gasteiger partial charge is 0.417 e. The standard InChI is InChI=1S/C25H24ClF3N2O4S/c1-17(2)35-20-8-6-7-18(13-20)15-30-24(32)16-31(36(33,34)21-9-4-3-5-10-21)19-11-12-23(26)22(14-19)25(27,28)29/h3-14,17H,15-16H2,1-2H3,(H,30,32). The van der Waals surface area contributed by atoms with E-state index in [1.807, 2.05) is 13.8 Å². The number of carbonyl (C=O) groups is 1. The van der Waals surface area contributed by atoms with Gasteiger partial charge in [-0.2, -0.15) is 13.2 Å². The second kappa shape index (κ2) is 11.2. The molecule has 0 aliphatic heterocycles. The maximum Gasteiger partial charge on any atom is 0.417 e. The highest BCUT2D eigenvalue weighted by Crippen LogP contribution is 2.38. The van der Waals surface area contributed by atoms with Crippen LogP contribution in [0.2, 0.25) is 5.02 Å². The summed E-state index contributed by atoms with van der Waals surface area (Å²) in [5.41, 5.74) is -0.861. The Morgan fingerprint density at radius 3 is 2.36 bits per heavy atom. The number of nitrogens with zero attached hydrogens (tertiary/aromatic N) is 1. The van der Waals surface area contributed by atoms with Crippen molar-refractivity contribution in [2.75, 3.05) is 10.8 Å². The Morgan fingerprint density at radius 1 is 1.03 bits per heavy atom. The predicted molar refractivity (Wildman–Crippen MR) is 131 cm³/mol. The molecule has 3 aromatic carbocycles. The highest BCUT2D eigenvalue weighted by atomic mass is 35.5. The van der Waals surface area contributed by atoms with Crippen LogP contribution in [0.5, 0.6) is 5.75 Å². The Bertz CT molecular complexity index is 1320. The Labute approximate surface area is 212 Å². The van der Waals surface area contributed by atoms with Crippen LogP contribution in [0.25, 0.3) is 0 Å². The summed E-state index contributed by atoms with van der Waals surface area (Å²) in [5.74, 6) is -0.112. The molecule has 0 aliphatic carbocycles. The van der Waals surface area contributed by atoms with Crippen LogP contribution in [0, 0.1) is 0 Å². The maximum absolute atomic E-state index is 13.5. The van der Waals surface area contributed by atoms with E-state index in [9.17, 15) is 26.4 Å². The third-order valence-corrected chi connectivity index (χ3v) is 7.04. The molecule has 3 rings (SSSR count). The fraction of sp³-hybridized carbons (Fsp3) is 0.240. The van der Waals surface area contributed by atoms with E-state index in [4.69, 9.17) is 16.3 Å². The van der Waals surface area contributed by atoms with Gasteiger partial charge >= 0.3 is 6.18 Å². The summed E-state index contributed by atoms with van der Waals surface area (Å²) in [7, 11) is -4.39. The van der Waals surface area contributed by atoms with Crippen LogP contribution in [0.15, 0.2) is 77.7 Å². The normalized spacial score (nSPS) is 11.9. The van der Waals surface area contributed by atoms with Crippen LogP contribution in [0.3, 0.4) is 0 Å². The summed E-state index contributed by atoms with van der Waals surface area (Å²) < 4.78 is 73.3. The lowest BCUT2D eigenvalue weighted by atomic mass is 10.2. The lowest BCUT2D eigenvalue weighted by molar-refractivity contribution is -0.137. The number of amides is 1. The van der Waals surface area contributed by atoms with Crippen molar-refractivity contribution >= 4 is 33.2 Å². The zero-order valence-electron chi connectivity index (χ0n) is 19.4. The average Bonchev–Trinajstić information content (AvgIpc) is 2.81. The number of halogens is 4. The first kappa shape index (κ1) is 27.3. The van der Waals surface area contributed by atoms with E-state index >= 15 is 0 Å². The number of benzene rings is 3. The molecule has 0 aliphatic rings. The minimum atomic E-state index is -4.82. The summed E-state index contributed by atoms with van der Waals surface area (Å²) in [6.45, 7) is 3.05. The van der Waals surface area contributed by atoms with E-state index in [-0.39, 0.29) is 23.2 Å². The molecule has 0 unspecified atom stereocenters. The van der Waals surface area contributed by atoms with Crippen LogP contribution in [0.4, 0.5) is 18.9 Å². The summed E-state index contributed by atoms with van der Waals surface area (Å²) in [5, 5.41) is 2.02. The topological polar surface area (TPSA) is 75.7 Å². The van der Waals surface area contributed by atoms with Crippen molar-refractivity contribution in [3.63, 3.8) is 0 Å². The molecule has 11 heteroatoms. The van der Waals surface area contributed by atoms with Crippen LogP contribution in [-0.4, -0.2) is 27.0 Å². The molecule has 1 amide bonds. The molecular weight excluding hydrogens is 517 g/mol. The Kier molecular flexibility index (Phi) is 8.52. The fourth-order valence-electron chi connectivity index (χ4n) is 3.31. The van der Waals surface area contributed by atoms with Gasteiger partial charge in [-0.3, -0.25) is 9.10 Å². The molecule has 1 N–H and O–H groups in total. The van der Waals surface area contributed by atoms with Crippen molar-refractivity contribution in [2.45, 2.75) is 37.6 Å². The molecule has 0 heterocycles. The molecule has 3 aromatic rings. The number of sulfonamides is 1. The van der Waals surface area contributed by atoms with E-state index in [0.717, 1.165) is 12.1 Å². The molecule has 0 saturated heterocycles. The van der Waals surface area contributed by atoms with E-state index in [1.165, 1.54) is 24.3 Å². The molecule has 0 spiro atoms. The first-order valence-electron chi connectivity index (χ1n) is 10.8. The van der Waals surface area contributed by atoms with Crippen LogP contribution < -0.4 is 14.4 Å². The van der Waals surface area contributed by atoms with Crippen molar-refractivity contribution in [1.82, 2.24) is 5.32 Å². The van der Waals surface area contributed by atoms with Gasteiger partial charge in [-0.15, -0.1) is 0 Å². The second-order valence-corrected chi connectivity index (χ2v) is 10.3. The maximum atomic E-state index is 13.5. The lowest BCUT2D eigenvalue weighted by Gasteiger charge is -2.25. The van der Waals surface area contributed by atoms with Gasteiger partial charge in [0, 0.05) is 6.54 Å². The summed E-state index contributed by atoms with van der Waals surface area (Å²) in [6, 6.07) is 16.8. The molecule has 0 aromatic heterocycles. The minimum Gasteiger partial charge on any atom is -0.491 e. The quantitative estimate of drug-likeness (QED) is 0.380. The van der Waals surface area contributed by atoms with E-state index < -0.39 is 39.2 Å². The number of anilines is 1. The van der Waals surface area contributed by atoms with Crippen LogP contribution in [-0.2, 0) is 27.5 Å². The zero-order chi connectivity index (χ0) is 26.5. The molecule has 0 saturated carbocycles. The summed E-state index contributed by atoms with van der Waals surface area (Å²) in [4.78, 5) is 12.6. The number of carbonyl (C=O) groups excluding carboxylic acids is 1. The predicted octanol–water partition coefficient (Wildman–Crippen LogP) is 5.66. The van der Waals surface area contributed by atoms with Crippen molar-refractivity contribution in [1.29, 1.82) is 0 Å². The molecule has 0 fully saturated rings. The minimum absolute atomic E-state index is 0.0486. The number of hydrogen-bond acceptors (Lipinski definition) is 4. The van der Waals surface area contributed by atoms with Crippen molar-refractivity contribution < 1.29 is 31.1 Å². The first-order chi connectivity index (χ1) is 16.9. The molecular formula is C25H24ClF3N2O4S. The third-order valence-electron chi connectivity index (χ3n) is 4.92. The van der Waals surface area contributed by atoms with E-state index in [2.05, 4.69) is 5.32 Å². The zero-order valence-corrected chi connectivity index (χ0v) is 21.0. The van der Waals surface area contributed by atoms with Gasteiger partial charge in [0.05, 0.1) is 27.3 Å². The second-order valence-electron chi connectivity index (χ2n) is 8.08. The molecule has 6 nitrogen and oxygen atoms in total. The molecule has 36 heavy (non-hydrogen) atoms. The number of nitrogens with one attached hydrogen (secondary N) is 1. The van der Waals surface area contributed by atoms with Gasteiger partial charge in [-0.05, 0) is 61.9 Å². The molecule has 192 valence electrons. The van der Waals surface area contributed by atoms with Crippen LogP contribution in [0.1, 0.15) is 25.0 Å². The monoisotopic (exact) mass is 540 g/mol. The fourth-order valence-corrected chi connectivity index (χ4v) is 4.97. The first-order valence-corrected chi connectivity index (χ1v) is 12.7. The van der Waals surface area contributed by atoms with Gasteiger partial charge < -0.3 is 10.1 Å². The van der Waals surface area contributed by atoms with Crippen molar-refractivity contribution in [2.24, 2.45) is 0 Å². The molecule has 0 bridgehead atoms.